The summed E-state index contributed by atoms with van der Waals surface area (Å²) in [6.07, 6.45) is 0.955. The predicted octanol–water partition coefficient (Wildman–Crippen LogP) is 0.653. The van der Waals surface area contributed by atoms with Gasteiger partial charge in [-0.05, 0) is 17.7 Å². The summed E-state index contributed by atoms with van der Waals surface area (Å²) in [5.74, 6) is -0.324. The number of rotatable bonds is 5. The number of nitrogens with one attached hydrogen (secondary N) is 2. The van der Waals surface area contributed by atoms with E-state index in [9.17, 15) is 14.4 Å². The first-order valence-electron chi connectivity index (χ1n) is 8.15. The largest absolute Gasteiger partial charge is 0.378 e. The topological polar surface area (TPSA) is 87.7 Å². The van der Waals surface area contributed by atoms with Gasteiger partial charge in [-0.1, -0.05) is 12.1 Å². The minimum atomic E-state index is -0.125. The van der Waals surface area contributed by atoms with Crippen LogP contribution in [-0.4, -0.2) is 48.4 Å². The lowest BCUT2D eigenvalue weighted by atomic mass is 10.1. The van der Waals surface area contributed by atoms with Gasteiger partial charge in [-0.2, -0.15) is 0 Å². The van der Waals surface area contributed by atoms with E-state index in [-0.39, 0.29) is 30.3 Å². The Hall–Kier alpha value is -2.25. The number of anilines is 1. The number of hydrogen-bond acceptors (Lipinski definition) is 5. The van der Waals surface area contributed by atoms with Crippen LogP contribution in [0.3, 0.4) is 0 Å². The minimum Gasteiger partial charge on any atom is -0.378 e. The fourth-order valence-corrected chi connectivity index (χ4v) is 2.86. The summed E-state index contributed by atoms with van der Waals surface area (Å²) in [4.78, 5) is 36.6. The van der Waals surface area contributed by atoms with Crippen molar-refractivity contribution in [3.63, 3.8) is 0 Å². The van der Waals surface area contributed by atoms with Crippen molar-refractivity contribution < 1.29 is 19.1 Å². The summed E-state index contributed by atoms with van der Waals surface area (Å²) in [6.45, 7) is 2.28. The van der Waals surface area contributed by atoms with Crippen LogP contribution < -0.4 is 10.6 Å². The zero-order chi connectivity index (χ0) is 16.9. The molecule has 2 heterocycles. The Bertz CT molecular complexity index is 607. The molecular weight excluding hydrogens is 310 g/mol. The molecule has 3 rings (SSSR count). The molecule has 0 aliphatic carbocycles. The van der Waals surface area contributed by atoms with Crippen LogP contribution in [0.2, 0.25) is 0 Å². The summed E-state index contributed by atoms with van der Waals surface area (Å²) in [5, 5.41) is 6.08. The molecule has 2 N–H and O–H groups in total. The first kappa shape index (κ1) is 16.6. The van der Waals surface area contributed by atoms with Gasteiger partial charge in [-0.3, -0.25) is 19.3 Å². The Kier molecular flexibility index (Phi) is 5.22. The maximum absolute atomic E-state index is 12.0. The molecule has 2 saturated heterocycles. The van der Waals surface area contributed by atoms with Crippen molar-refractivity contribution in [1.82, 2.24) is 10.2 Å². The number of carbonyl (C=O) groups excluding carboxylic acids is 3. The van der Waals surface area contributed by atoms with Crippen molar-refractivity contribution in [2.24, 2.45) is 0 Å². The van der Waals surface area contributed by atoms with Crippen LogP contribution in [0.4, 0.5) is 5.69 Å². The Labute approximate surface area is 140 Å². The van der Waals surface area contributed by atoms with Crippen LogP contribution >= 0.6 is 0 Å². The normalized spacial score (nSPS) is 21.2. The third-order valence-electron chi connectivity index (χ3n) is 4.16. The van der Waals surface area contributed by atoms with Crippen LogP contribution in [0, 0.1) is 0 Å². The molecule has 2 aliphatic rings. The molecule has 3 amide bonds. The SMILES string of the molecule is O=C(CC1COCCN1)Nc1ccc(CN2C(=O)CCC2=O)cc1. The standard InChI is InChI=1S/C17H21N3O4/c21-15(9-14-11-24-8-7-18-14)19-13-3-1-12(2-4-13)10-20-16(22)5-6-17(20)23/h1-4,14,18H,5-11H2,(H,19,21). The van der Waals surface area contributed by atoms with E-state index in [1.165, 1.54) is 4.90 Å². The number of nitrogens with zero attached hydrogens (tertiary/aromatic N) is 1. The highest BCUT2D eigenvalue weighted by atomic mass is 16.5. The second-order valence-electron chi connectivity index (χ2n) is 6.05. The summed E-state index contributed by atoms with van der Waals surface area (Å²) < 4.78 is 5.33. The molecule has 1 aromatic carbocycles. The quantitative estimate of drug-likeness (QED) is 0.774. The molecule has 7 heteroatoms. The molecule has 1 aromatic rings. The number of likely N-dealkylation sites (tertiary alicyclic amines) is 1. The molecule has 2 aliphatic heterocycles. The number of carbonyl (C=O) groups is 3. The average Bonchev–Trinajstić information content (AvgIpc) is 2.89. The predicted molar refractivity (Wildman–Crippen MR) is 87.1 cm³/mol. The molecule has 1 atom stereocenters. The first-order valence-corrected chi connectivity index (χ1v) is 8.15. The molecule has 7 nitrogen and oxygen atoms in total. The fraction of sp³-hybridized carbons (Fsp3) is 0.471. The van der Waals surface area contributed by atoms with Crippen molar-refractivity contribution in [2.45, 2.75) is 31.8 Å². The van der Waals surface area contributed by atoms with Gasteiger partial charge in [0.05, 0.1) is 19.8 Å². The minimum absolute atomic E-state index is 0.0465. The maximum atomic E-state index is 12.0. The van der Waals surface area contributed by atoms with Gasteiger partial charge < -0.3 is 15.4 Å². The van der Waals surface area contributed by atoms with E-state index >= 15 is 0 Å². The van der Waals surface area contributed by atoms with Gasteiger partial charge in [-0.15, -0.1) is 0 Å². The molecule has 1 unspecified atom stereocenters. The smallest absolute Gasteiger partial charge is 0.229 e. The highest BCUT2D eigenvalue weighted by Gasteiger charge is 2.28. The number of ether oxygens (including phenoxy) is 1. The molecule has 0 saturated carbocycles. The van der Waals surface area contributed by atoms with Crippen molar-refractivity contribution in [1.29, 1.82) is 0 Å². The van der Waals surface area contributed by atoms with E-state index in [0.29, 0.717) is 38.2 Å². The van der Waals surface area contributed by atoms with Crippen LogP contribution in [-0.2, 0) is 25.7 Å². The number of morpholine rings is 1. The fourth-order valence-electron chi connectivity index (χ4n) is 2.86. The molecule has 2 fully saturated rings. The maximum Gasteiger partial charge on any atom is 0.229 e. The summed E-state index contributed by atoms with van der Waals surface area (Å²) in [5.41, 5.74) is 1.55. The highest BCUT2D eigenvalue weighted by Crippen LogP contribution is 2.17. The molecule has 128 valence electrons. The molecule has 0 spiro atoms. The van der Waals surface area contributed by atoms with E-state index in [1.54, 1.807) is 12.1 Å². The van der Waals surface area contributed by atoms with Gasteiger partial charge >= 0.3 is 0 Å². The lowest BCUT2D eigenvalue weighted by Crippen LogP contribution is -2.43. The van der Waals surface area contributed by atoms with Gasteiger partial charge in [0, 0.05) is 37.5 Å². The van der Waals surface area contributed by atoms with Gasteiger partial charge in [0.2, 0.25) is 17.7 Å². The Morgan fingerprint density at radius 3 is 2.54 bits per heavy atom. The molecular formula is C17H21N3O4. The summed E-state index contributed by atoms with van der Waals surface area (Å²) >= 11 is 0. The molecule has 0 aromatic heterocycles. The lowest BCUT2D eigenvalue weighted by molar-refractivity contribution is -0.139. The third-order valence-corrected chi connectivity index (χ3v) is 4.16. The van der Waals surface area contributed by atoms with Crippen LogP contribution in [0.15, 0.2) is 24.3 Å². The van der Waals surface area contributed by atoms with Crippen LogP contribution in [0.1, 0.15) is 24.8 Å². The van der Waals surface area contributed by atoms with Crippen LogP contribution in [0.5, 0.6) is 0 Å². The van der Waals surface area contributed by atoms with Crippen molar-refractivity contribution in [3.8, 4) is 0 Å². The zero-order valence-corrected chi connectivity index (χ0v) is 13.4. The Balaban J connectivity index is 1.51. The van der Waals surface area contributed by atoms with Gasteiger partial charge in [0.25, 0.3) is 0 Å². The number of imide groups is 1. The van der Waals surface area contributed by atoms with Crippen molar-refractivity contribution in [3.05, 3.63) is 29.8 Å². The molecule has 0 radical (unpaired) electrons. The Morgan fingerprint density at radius 1 is 1.21 bits per heavy atom. The van der Waals surface area contributed by atoms with E-state index in [4.69, 9.17) is 4.74 Å². The second-order valence-corrected chi connectivity index (χ2v) is 6.05. The summed E-state index contributed by atoms with van der Waals surface area (Å²) in [7, 11) is 0. The molecule has 0 bridgehead atoms. The van der Waals surface area contributed by atoms with Gasteiger partial charge in [0.1, 0.15) is 0 Å². The second kappa shape index (κ2) is 7.55. The zero-order valence-electron chi connectivity index (χ0n) is 13.4. The number of benzene rings is 1. The number of hydrogen-bond donors (Lipinski definition) is 2. The Morgan fingerprint density at radius 2 is 1.92 bits per heavy atom. The lowest BCUT2D eigenvalue weighted by Gasteiger charge is -2.23. The highest BCUT2D eigenvalue weighted by molar-refractivity contribution is 6.01. The average molecular weight is 331 g/mol. The van der Waals surface area contributed by atoms with E-state index in [2.05, 4.69) is 10.6 Å². The summed E-state index contributed by atoms with van der Waals surface area (Å²) in [6, 6.07) is 7.24. The van der Waals surface area contributed by atoms with Crippen LogP contribution in [0.25, 0.3) is 0 Å². The monoisotopic (exact) mass is 331 g/mol. The number of amides is 3. The third kappa shape index (κ3) is 4.18. The first-order chi connectivity index (χ1) is 11.6. The van der Waals surface area contributed by atoms with E-state index in [0.717, 1.165) is 12.1 Å². The van der Waals surface area contributed by atoms with Gasteiger partial charge in [-0.25, -0.2) is 0 Å². The molecule has 24 heavy (non-hydrogen) atoms. The van der Waals surface area contributed by atoms with Gasteiger partial charge in [0.15, 0.2) is 0 Å². The van der Waals surface area contributed by atoms with E-state index < -0.39 is 0 Å². The van der Waals surface area contributed by atoms with E-state index in [1.807, 2.05) is 12.1 Å². The van der Waals surface area contributed by atoms with Crippen molar-refractivity contribution >= 4 is 23.4 Å². The van der Waals surface area contributed by atoms with Crippen molar-refractivity contribution in [2.75, 3.05) is 25.1 Å².